The number of unbranched alkanes of at least 4 members (excludes halogenated alkanes) is 1. The Kier molecular flexibility index (Phi) is 4.23. The van der Waals surface area contributed by atoms with Crippen LogP contribution in [0.5, 0.6) is 0 Å². The second-order valence-electron chi connectivity index (χ2n) is 4.37. The highest BCUT2D eigenvalue weighted by Gasteiger charge is 2.19. The molecule has 0 spiro atoms. The molecule has 1 heterocycles. The van der Waals surface area contributed by atoms with E-state index in [9.17, 15) is 0 Å². The summed E-state index contributed by atoms with van der Waals surface area (Å²) in [6, 6.07) is 0.842. The van der Waals surface area contributed by atoms with Crippen molar-refractivity contribution < 1.29 is 0 Å². The summed E-state index contributed by atoms with van der Waals surface area (Å²) in [4.78, 5) is 0. The average Bonchev–Trinajstić information content (AvgIpc) is 3.04. The lowest BCUT2D eigenvalue weighted by molar-refractivity contribution is 0.639. The van der Waals surface area contributed by atoms with Gasteiger partial charge in [-0.2, -0.15) is 0 Å². The molecule has 0 amide bonds. The summed E-state index contributed by atoms with van der Waals surface area (Å²) in [5, 5.41) is 12.7. The number of thioether (sulfide) groups is 1. The van der Waals surface area contributed by atoms with Crippen LogP contribution >= 0.6 is 11.8 Å². The summed E-state index contributed by atoms with van der Waals surface area (Å²) in [7, 11) is 2.02. The molecular weight excluding hydrogens is 220 g/mol. The number of rotatable bonds is 7. The molecule has 4 nitrogen and oxygen atoms in total. The van der Waals surface area contributed by atoms with Crippen LogP contribution in [0.3, 0.4) is 0 Å². The summed E-state index contributed by atoms with van der Waals surface area (Å²) in [5.74, 6) is 2.12. The molecule has 0 aromatic carbocycles. The average molecular weight is 240 g/mol. The molecule has 0 unspecified atom stereocenters. The van der Waals surface area contributed by atoms with E-state index in [-0.39, 0.29) is 0 Å². The maximum absolute atomic E-state index is 4.13. The SMILES string of the molecule is Cc1nnc(SCCCCNC2CC2)n1C. The lowest BCUT2D eigenvalue weighted by atomic mass is 10.3. The lowest BCUT2D eigenvalue weighted by Gasteiger charge is -2.03. The highest BCUT2D eigenvalue weighted by atomic mass is 32.2. The van der Waals surface area contributed by atoms with Gasteiger partial charge in [-0.1, -0.05) is 11.8 Å². The molecule has 1 aliphatic carbocycles. The highest BCUT2D eigenvalue weighted by molar-refractivity contribution is 7.99. The molecule has 1 N–H and O–H groups in total. The van der Waals surface area contributed by atoms with Gasteiger partial charge < -0.3 is 9.88 Å². The van der Waals surface area contributed by atoms with Gasteiger partial charge in [0.25, 0.3) is 0 Å². The summed E-state index contributed by atoms with van der Waals surface area (Å²) in [5.41, 5.74) is 0. The summed E-state index contributed by atoms with van der Waals surface area (Å²) in [6.45, 7) is 3.15. The van der Waals surface area contributed by atoms with Crippen molar-refractivity contribution in [3.05, 3.63) is 5.82 Å². The molecule has 2 rings (SSSR count). The first-order chi connectivity index (χ1) is 7.77. The minimum Gasteiger partial charge on any atom is -0.314 e. The molecule has 0 aliphatic heterocycles. The fraction of sp³-hybridized carbons (Fsp3) is 0.818. The quantitative estimate of drug-likeness (QED) is 0.582. The topological polar surface area (TPSA) is 42.7 Å². The molecule has 0 radical (unpaired) electrons. The van der Waals surface area contributed by atoms with E-state index >= 15 is 0 Å². The van der Waals surface area contributed by atoms with Crippen LogP contribution in [0.2, 0.25) is 0 Å². The van der Waals surface area contributed by atoms with E-state index in [4.69, 9.17) is 0 Å². The predicted octanol–water partition coefficient (Wildman–Crippen LogP) is 1.75. The zero-order valence-electron chi connectivity index (χ0n) is 10.1. The Morgan fingerprint density at radius 1 is 1.38 bits per heavy atom. The molecule has 5 heteroatoms. The van der Waals surface area contributed by atoms with E-state index in [0.29, 0.717) is 0 Å². The Labute approximate surface area is 101 Å². The Morgan fingerprint density at radius 2 is 2.19 bits per heavy atom. The lowest BCUT2D eigenvalue weighted by Crippen LogP contribution is -2.17. The van der Waals surface area contributed by atoms with Crippen LogP contribution in [0, 0.1) is 6.92 Å². The number of aromatic nitrogens is 3. The normalized spacial score (nSPS) is 15.6. The van der Waals surface area contributed by atoms with Gasteiger partial charge in [-0.15, -0.1) is 10.2 Å². The van der Waals surface area contributed by atoms with Crippen molar-refractivity contribution in [1.82, 2.24) is 20.1 Å². The van der Waals surface area contributed by atoms with E-state index in [0.717, 1.165) is 22.8 Å². The molecule has 1 aromatic rings. The van der Waals surface area contributed by atoms with Crippen molar-refractivity contribution in [3.63, 3.8) is 0 Å². The first kappa shape index (κ1) is 11.9. The maximum atomic E-state index is 4.13. The van der Waals surface area contributed by atoms with Crippen LogP contribution in [0.25, 0.3) is 0 Å². The highest BCUT2D eigenvalue weighted by Crippen LogP contribution is 2.19. The zero-order chi connectivity index (χ0) is 11.4. The Bertz CT molecular complexity index is 333. The molecule has 0 atom stereocenters. The van der Waals surface area contributed by atoms with Crippen LogP contribution in [0.1, 0.15) is 31.5 Å². The molecule has 0 saturated heterocycles. The summed E-state index contributed by atoms with van der Waals surface area (Å²) in [6.07, 6.45) is 5.27. The van der Waals surface area contributed by atoms with Crippen molar-refractivity contribution in [2.75, 3.05) is 12.3 Å². The minimum absolute atomic E-state index is 0.842. The van der Waals surface area contributed by atoms with Crippen LogP contribution in [0.4, 0.5) is 0 Å². The number of hydrogen-bond donors (Lipinski definition) is 1. The Morgan fingerprint density at radius 3 is 2.81 bits per heavy atom. The molecule has 90 valence electrons. The zero-order valence-corrected chi connectivity index (χ0v) is 10.9. The number of nitrogens with one attached hydrogen (secondary N) is 1. The third-order valence-corrected chi connectivity index (χ3v) is 3.97. The largest absolute Gasteiger partial charge is 0.314 e. The third kappa shape index (κ3) is 3.49. The van der Waals surface area contributed by atoms with Gasteiger partial charge in [-0.25, -0.2) is 0 Å². The van der Waals surface area contributed by atoms with Crippen LogP contribution < -0.4 is 5.32 Å². The smallest absolute Gasteiger partial charge is 0.190 e. The van der Waals surface area contributed by atoms with Crippen molar-refractivity contribution in [2.24, 2.45) is 7.05 Å². The summed E-state index contributed by atoms with van der Waals surface area (Å²) >= 11 is 1.80. The molecule has 1 fully saturated rings. The molecule has 1 aromatic heterocycles. The second kappa shape index (κ2) is 5.68. The number of nitrogens with zero attached hydrogens (tertiary/aromatic N) is 3. The Hall–Kier alpha value is -0.550. The molecule has 16 heavy (non-hydrogen) atoms. The van der Waals surface area contributed by atoms with Crippen LogP contribution in [0.15, 0.2) is 5.16 Å². The number of hydrogen-bond acceptors (Lipinski definition) is 4. The van der Waals surface area contributed by atoms with E-state index < -0.39 is 0 Å². The Balaban J connectivity index is 1.55. The fourth-order valence-corrected chi connectivity index (χ4v) is 2.45. The van der Waals surface area contributed by atoms with Crippen molar-refractivity contribution in [2.45, 2.75) is 43.8 Å². The van der Waals surface area contributed by atoms with Crippen molar-refractivity contribution in [3.8, 4) is 0 Å². The van der Waals surface area contributed by atoms with Gasteiger partial charge in [0, 0.05) is 18.8 Å². The standard InChI is InChI=1S/C11H20N4S/c1-9-13-14-11(15(9)2)16-8-4-3-7-12-10-5-6-10/h10,12H,3-8H2,1-2H3. The van der Waals surface area contributed by atoms with E-state index in [1.807, 2.05) is 18.5 Å². The van der Waals surface area contributed by atoms with Gasteiger partial charge in [-0.05, 0) is 39.2 Å². The van der Waals surface area contributed by atoms with Crippen LogP contribution in [-0.4, -0.2) is 33.1 Å². The van der Waals surface area contributed by atoms with Crippen molar-refractivity contribution in [1.29, 1.82) is 0 Å². The molecule has 1 saturated carbocycles. The van der Waals surface area contributed by atoms with Gasteiger partial charge in [0.1, 0.15) is 5.82 Å². The molecule has 0 bridgehead atoms. The first-order valence-corrected chi connectivity index (χ1v) is 6.98. The fourth-order valence-electron chi connectivity index (χ4n) is 1.50. The maximum Gasteiger partial charge on any atom is 0.190 e. The monoisotopic (exact) mass is 240 g/mol. The van der Waals surface area contributed by atoms with Gasteiger partial charge in [0.15, 0.2) is 5.16 Å². The van der Waals surface area contributed by atoms with Crippen molar-refractivity contribution >= 4 is 11.8 Å². The second-order valence-corrected chi connectivity index (χ2v) is 5.43. The van der Waals surface area contributed by atoms with Gasteiger partial charge in [0.05, 0.1) is 0 Å². The predicted molar refractivity (Wildman–Crippen MR) is 66.7 cm³/mol. The van der Waals surface area contributed by atoms with Gasteiger partial charge in [0.2, 0.25) is 0 Å². The van der Waals surface area contributed by atoms with Crippen LogP contribution in [-0.2, 0) is 7.05 Å². The summed E-state index contributed by atoms with van der Waals surface area (Å²) < 4.78 is 2.05. The minimum atomic E-state index is 0.842. The van der Waals surface area contributed by atoms with Gasteiger partial charge in [-0.3, -0.25) is 0 Å². The first-order valence-electron chi connectivity index (χ1n) is 5.99. The van der Waals surface area contributed by atoms with E-state index in [1.54, 1.807) is 11.8 Å². The van der Waals surface area contributed by atoms with E-state index in [2.05, 4.69) is 15.5 Å². The van der Waals surface area contributed by atoms with Gasteiger partial charge >= 0.3 is 0 Å². The number of aryl methyl sites for hydroxylation is 1. The molecular formula is C11H20N4S. The van der Waals surface area contributed by atoms with E-state index in [1.165, 1.54) is 32.2 Å². The third-order valence-electron chi connectivity index (χ3n) is 2.87. The molecule has 1 aliphatic rings.